The number of hydrogen-bond donors (Lipinski definition) is 2. The van der Waals surface area contributed by atoms with E-state index in [9.17, 15) is 23.2 Å². The minimum atomic E-state index is -0.952. The summed E-state index contributed by atoms with van der Waals surface area (Å²) >= 11 is 11.3. The molecule has 0 aliphatic heterocycles. The van der Waals surface area contributed by atoms with Crippen LogP contribution in [0.2, 0.25) is 10.0 Å². The van der Waals surface area contributed by atoms with E-state index in [4.69, 9.17) is 23.2 Å². The normalized spacial score (nSPS) is 10.7. The van der Waals surface area contributed by atoms with Crippen molar-refractivity contribution >= 4 is 34.8 Å². The third-order valence-electron chi connectivity index (χ3n) is 3.56. The molecule has 27 heavy (non-hydrogen) atoms. The number of nitrogens with one attached hydrogen (secondary N) is 2. The predicted molar refractivity (Wildman–Crippen MR) is 97.0 cm³/mol. The topological polar surface area (TPSA) is 84.0 Å². The van der Waals surface area contributed by atoms with Gasteiger partial charge in [0.2, 0.25) is 0 Å². The fraction of sp³-hybridized carbons (Fsp3) is 0. The van der Waals surface area contributed by atoms with E-state index >= 15 is 0 Å². The second kappa shape index (κ2) is 7.34. The SMILES string of the molecule is O=C(Nc1ccc(F)c(Cl)c1)c1c[nH]c(=O)n(-c2ccc(F)c(Cl)c2)c1=O. The quantitative estimate of drug-likeness (QED) is 0.692. The minimum Gasteiger partial charge on any atom is -0.322 e. The van der Waals surface area contributed by atoms with Gasteiger partial charge in [0.15, 0.2) is 0 Å². The molecule has 0 saturated heterocycles. The molecule has 0 saturated carbocycles. The number of halogens is 4. The first-order chi connectivity index (χ1) is 12.8. The molecule has 6 nitrogen and oxygen atoms in total. The molecule has 0 spiro atoms. The number of rotatable bonds is 3. The highest BCUT2D eigenvalue weighted by Gasteiger charge is 2.17. The van der Waals surface area contributed by atoms with Crippen LogP contribution in [0.15, 0.2) is 52.2 Å². The monoisotopic (exact) mass is 411 g/mol. The Hall–Kier alpha value is -2.97. The number of aromatic amines is 1. The van der Waals surface area contributed by atoms with Gasteiger partial charge < -0.3 is 10.3 Å². The summed E-state index contributed by atoms with van der Waals surface area (Å²) < 4.78 is 27.2. The lowest BCUT2D eigenvalue weighted by Gasteiger charge is -2.09. The van der Waals surface area contributed by atoms with Crippen molar-refractivity contribution in [2.24, 2.45) is 0 Å². The molecule has 0 unspecified atom stereocenters. The molecule has 0 radical (unpaired) electrons. The van der Waals surface area contributed by atoms with Gasteiger partial charge in [-0.2, -0.15) is 0 Å². The van der Waals surface area contributed by atoms with Crippen LogP contribution in [-0.4, -0.2) is 15.5 Å². The lowest BCUT2D eigenvalue weighted by atomic mass is 10.2. The summed E-state index contributed by atoms with van der Waals surface area (Å²) in [6.45, 7) is 0. The van der Waals surface area contributed by atoms with E-state index < -0.39 is 34.4 Å². The van der Waals surface area contributed by atoms with Crippen LogP contribution < -0.4 is 16.6 Å². The van der Waals surface area contributed by atoms with Crippen LogP contribution in [0.3, 0.4) is 0 Å². The molecule has 0 fully saturated rings. The Kier molecular flexibility index (Phi) is 5.11. The largest absolute Gasteiger partial charge is 0.333 e. The Labute approximate surface area is 160 Å². The molecule has 1 aromatic heterocycles. The summed E-state index contributed by atoms with van der Waals surface area (Å²) in [6.07, 6.45) is 0.937. The predicted octanol–water partition coefficient (Wildman–Crippen LogP) is 3.36. The maximum absolute atomic E-state index is 13.3. The van der Waals surface area contributed by atoms with Crippen molar-refractivity contribution in [1.82, 2.24) is 9.55 Å². The van der Waals surface area contributed by atoms with Gasteiger partial charge in [-0.25, -0.2) is 18.1 Å². The Morgan fingerprint density at radius 2 is 1.63 bits per heavy atom. The van der Waals surface area contributed by atoms with E-state index in [0.717, 1.165) is 24.4 Å². The molecule has 1 amide bonds. The number of hydrogen-bond acceptors (Lipinski definition) is 3. The maximum Gasteiger partial charge on any atom is 0.333 e. The van der Waals surface area contributed by atoms with Crippen molar-refractivity contribution in [3.8, 4) is 5.69 Å². The summed E-state index contributed by atoms with van der Waals surface area (Å²) in [5.41, 5.74) is -2.08. The van der Waals surface area contributed by atoms with Crippen LogP contribution >= 0.6 is 23.2 Å². The lowest BCUT2D eigenvalue weighted by Crippen LogP contribution is -2.38. The van der Waals surface area contributed by atoms with E-state index in [1.165, 1.54) is 18.2 Å². The first-order valence-corrected chi connectivity index (χ1v) is 8.10. The van der Waals surface area contributed by atoms with E-state index in [2.05, 4.69) is 10.3 Å². The van der Waals surface area contributed by atoms with Crippen molar-refractivity contribution in [2.45, 2.75) is 0 Å². The van der Waals surface area contributed by atoms with Gasteiger partial charge in [0, 0.05) is 11.9 Å². The Morgan fingerprint density at radius 1 is 1.00 bits per heavy atom. The highest BCUT2D eigenvalue weighted by molar-refractivity contribution is 6.31. The minimum absolute atomic E-state index is 0.0212. The molecule has 0 bridgehead atoms. The van der Waals surface area contributed by atoms with E-state index in [0.29, 0.717) is 4.57 Å². The molecule has 0 aliphatic carbocycles. The van der Waals surface area contributed by atoms with Gasteiger partial charge in [-0.05, 0) is 36.4 Å². The lowest BCUT2D eigenvalue weighted by molar-refractivity contribution is 0.102. The number of benzene rings is 2. The molecule has 3 aromatic rings. The summed E-state index contributed by atoms with van der Waals surface area (Å²) in [6, 6.07) is 6.69. The third kappa shape index (κ3) is 3.76. The Morgan fingerprint density at radius 3 is 2.26 bits per heavy atom. The van der Waals surface area contributed by atoms with Crippen molar-refractivity contribution in [1.29, 1.82) is 0 Å². The number of carbonyl (C=O) groups excluding carboxylic acids is 1. The van der Waals surface area contributed by atoms with Crippen LogP contribution in [-0.2, 0) is 0 Å². The van der Waals surface area contributed by atoms with Gasteiger partial charge in [0.25, 0.3) is 11.5 Å². The zero-order valence-electron chi connectivity index (χ0n) is 13.2. The van der Waals surface area contributed by atoms with Crippen molar-refractivity contribution in [2.75, 3.05) is 5.32 Å². The van der Waals surface area contributed by atoms with Gasteiger partial charge in [0.05, 0.1) is 15.7 Å². The molecule has 1 heterocycles. The molecular weight excluding hydrogens is 403 g/mol. The number of anilines is 1. The fourth-order valence-electron chi connectivity index (χ4n) is 2.27. The molecule has 0 atom stereocenters. The number of nitrogens with zero attached hydrogens (tertiary/aromatic N) is 1. The second-order valence-corrected chi connectivity index (χ2v) is 6.14. The van der Waals surface area contributed by atoms with Crippen molar-refractivity contribution in [3.05, 3.63) is 90.7 Å². The van der Waals surface area contributed by atoms with Crippen LogP contribution in [0, 0.1) is 11.6 Å². The number of H-pyrrole nitrogens is 1. The number of amides is 1. The number of carbonyl (C=O) groups is 1. The zero-order chi connectivity index (χ0) is 19.7. The Bertz CT molecular complexity index is 1170. The molecule has 10 heteroatoms. The van der Waals surface area contributed by atoms with Gasteiger partial charge >= 0.3 is 5.69 Å². The van der Waals surface area contributed by atoms with E-state index in [1.54, 1.807) is 0 Å². The molecule has 0 aliphatic rings. The van der Waals surface area contributed by atoms with Gasteiger partial charge in [-0.3, -0.25) is 9.59 Å². The van der Waals surface area contributed by atoms with Gasteiger partial charge in [-0.1, -0.05) is 23.2 Å². The zero-order valence-corrected chi connectivity index (χ0v) is 14.7. The van der Waals surface area contributed by atoms with Crippen molar-refractivity contribution < 1.29 is 13.6 Å². The highest BCUT2D eigenvalue weighted by Crippen LogP contribution is 2.20. The molecular formula is C17H9Cl2F2N3O3. The standard InChI is InChI=1S/C17H9Cl2F2N3O3/c18-11-5-8(1-3-13(11)20)23-15(25)10-7-22-17(27)24(16(10)26)9-2-4-14(21)12(19)6-9/h1-7H,(H,22,27)(H,23,25). The molecule has 138 valence electrons. The van der Waals surface area contributed by atoms with Crippen LogP contribution in [0.4, 0.5) is 14.5 Å². The fourth-order valence-corrected chi connectivity index (χ4v) is 2.62. The van der Waals surface area contributed by atoms with Crippen molar-refractivity contribution in [3.63, 3.8) is 0 Å². The molecule has 2 N–H and O–H groups in total. The maximum atomic E-state index is 13.3. The highest BCUT2D eigenvalue weighted by atomic mass is 35.5. The third-order valence-corrected chi connectivity index (χ3v) is 4.14. The van der Waals surface area contributed by atoms with Crippen LogP contribution in [0.1, 0.15) is 10.4 Å². The van der Waals surface area contributed by atoms with Crippen LogP contribution in [0.25, 0.3) is 5.69 Å². The second-order valence-electron chi connectivity index (χ2n) is 5.33. The van der Waals surface area contributed by atoms with E-state index in [-0.39, 0.29) is 21.4 Å². The summed E-state index contributed by atoms with van der Waals surface area (Å²) in [7, 11) is 0. The smallest absolute Gasteiger partial charge is 0.322 e. The average molecular weight is 412 g/mol. The summed E-state index contributed by atoms with van der Waals surface area (Å²) in [4.78, 5) is 39.3. The van der Waals surface area contributed by atoms with Crippen LogP contribution in [0.5, 0.6) is 0 Å². The Balaban J connectivity index is 2.03. The van der Waals surface area contributed by atoms with Gasteiger partial charge in [-0.15, -0.1) is 0 Å². The molecule has 3 rings (SSSR count). The molecule has 2 aromatic carbocycles. The summed E-state index contributed by atoms with van der Waals surface area (Å²) in [5.74, 6) is -2.26. The number of aromatic nitrogens is 2. The first-order valence-electron chi connectivity index (χ1n) is 7.34. The van der Waals surface area contributed by atoms with Gasteiger partial charge in [0.1, 0.15) is 17.2 Å². The first kappa shape index (κ1) is 18.8. The summed E-state index contributed by atoms with van der Waals surface area (Å²) in [5, 5.41) is 1.86. The average Bonchev–Trinajstić information content (AvgIpc) is 2.61. The van der Waals surface area contributed by atoms with E-state index in [1.807, 2.05) is 0 Å².